The summed E-state index contributed by atoms with van der Waals surface area (Å²) in [5, 5.41) is 121. The van der Waals surface area contributed by atoms with Gasteiger partial charge in [-0.15, -0.1) is 0 Å². The first-order valence-electron chi connectivity index (χ1n) is 39.0. The molecule has 566 valence electrons. The fourth-order valence-corrected chi connectivity index (χ4v) is 13.1. The minimum atomic E-state index is -1.97. The Bertz CT molecular complexity index is 1990. The van der Waals surface area contributed by atoms with Crippen LogP contribution in [-0.4, -0.2) is 193 Å². The molecule has 3 saturated heterocycles. The van der Waals surface area contributed by atoms with Crippen LogP contribution in [0.4, 0.5) is 0 Å². The second-order valence-electron chi connectivity index (χ2n) is 27.8. The number of nitrogens with one attached hydrogen (secondary N) is 1. The lowest BCUT2D eigenvalue weighted by Crippen LogP contribution is -2.66. The fraction of sp³-hybridized carbons (Fsp3) is 0.859. The maximum Gasteiger partial charge on any atom is 0.220 e. The van der Waals surface area contributed by atoms with Gasteiger partial charge in [0.2, 0.25) is 5.91 Å². The molecule has 0 aromatic carbocycles. The SMILES string of the molecule is CC/C=C\C/C=C\C/C=C\C/C=C\C/C=C\CCCCCCCCCCCCCCCCCCCCCC(=O)NC(COC1OC(CO)C(OC2OC(CO)C(OC3OC(CO)C(O)C(O)C3O)C(O)C2O)C(O)C1O)C(O)CCCCCCCCCCCCCCCCCCC. The zero-order valence-electron chi connectivity index (χ0n) is 60.3. The van der Waals surface area contributed by atoms with Crippen molar-refractivity contribution in [2.75, 3.05) is 26.4 Å². The normalized spacial score (nSPS) is 27.2. The first-order chi connectivity index (χ1) is 47.3. The highest BCUT2D eigenvalue weighted by atomic mass is 16.8. The molecule has 3 heterocycles. The van der Waals surface area contributed by atoms with Crippen molar-refractivity contribution < 1.29 is 89.4 Å². The summed E-state index contributed by atoms with van der Waals surface area (Å²) in [4.78, 5) is 13.5. The molecule has 1 amide bonds. The third kappa shape index (κ3) is 39.6. The van der Waals surface area contributed by atoms with Gasteiger partial charge in [0.05, 0.1) is 38.6 Å². The van der Waals surface area contributed by atoms with Crippen LogP contribution < -0.4 is 5.32 Å². The second-order valence-corrected chi connectivity index (χ2v) is 27.8. The molecule has 0 aliphatic carbocycles. The van der Waals surface area contributed by atoms with Gasteiger partial charge in [0.25, 0.3) is 0 Å². The van der Waals surface area contributed by atoms with E-state index in [0.717, 1.165) is 77.0 Å². The quantitative estimate of drug-likeness (QED) is 0.0199. The van der Waals surface area contributed by atoms with Crippen LogP contribution in [0.3, 0.4) is 0 Å². The summed E-state index contributed by atoms with van der Waals surface area (Å²) in [5.41, 5.74) is 0. The Morgan fingerprint density at radius 3 is 1.11 bits per heavy atom. The van der Waals surface area contributed by atoms with Gasteiger partial charge in [-0.05, 0) is 57.8 Å². The molecule has 17 unspecified atom stereocenters. The second kappa shape index (κ2) is 58.9. The molecule has 17 atom stereocenters. The Morgan fingerprint density at radius 2 is 0.711 bits per heavy atom. The predicted octanol–water partition coefficient (Wildman–Crippen LogP) is 12.3. The van der Waals surface area contributed by atoms with Crippen molar-refractivity contribution in [2.45, 2.75) is 401 Å². The first-order valence-corrected chi connectivity index (χ1v) is 39.0. The number of carbonyl (C=O) groups is 1. The first kappa shape index (κ1) is 88.7. The van der Waals surface area contributed by atoms with Crippen molar-refractivity contribution in [3.8, 4) is 0 Å². The maximum atomic E-state index is 13.5. The number of hydrogen-bond acceptors (Lipinski definition) is 18. The van der Waals surface area contributed by atoms with E-state index in [4.69, 9.17) is 28.4 Å². The van der Waals surface area contributed by atoms with Crippen LogP contribution in [-0.2, 0) is 33.2 Å². The Hall–Kier alpha value is -2.51. The summed E-state index contributed by atoms with van der Waals surface area (Å²) in [5.74, 6) is -0.239. The monoisotopic (exact) mass is 1380 g/mol. The molecule has 19 nitrogen and oxygen atoms in total. The third-order valence-electron chi connectivity index (χ3n) is 19.4. The van der Waals surface area contributed by atoms with Gasteiger partial charge in [-0.1, -0.05) is 293 Å². The number of rotatable bonds is 61. The Labute approximate surface area is 586 Å². The van der Waals surface area contributed by atoms with Gasteiger partial charge in [-0.2, -0.15) is 0 Å². The molecule has 0 aromatic rings. The van der Waals surface area contributed by atoms with Crippen LogP contribution in [0.25, 0.3) is 0 Å². The van der Waals surface area contributed by atoms with Crippen molar-refractivity contribution in [3.05, 3.63) is 60.8 Å². The minimum Gasteiger partial charge on any atom is -0.394 e. The van der Waals surface area contributed by atoms with Gasteiger partial charge in [0.15, 0.2) is 18.9 Å². The van der Waals surface area contributed by atoms with Crippen molar-refractivity contribution >= 4 is 5.91 Å². The Kier molecular flexibility index (Phi) is 53.9. The molecular weight excluding hydrogens is 1240 g/mol. The molecule has 0 bridgehead atoms. The lowest BCUT2D eigenvalue weighted by Gasteiger charge is -2.48. The summed E-state index contributed by atoms with van der Waals surface area (Å²) in [7, 11) is 0. The highest BCUT2D eigenvalue weighted by molar-refractivity contribution is 5.76. The van der Waals surface area contributed by atoms with Gasteiger partial charge in [-0.25, -0.2) is 0 Å². The summed E-state index contributed by atoms with van der Waals surface area (Å²) < 4.78 is 34.5. The zero-order valence-corrected chi connectivity index (χ0v) is 60.3. The van der Waals surface area contributed by atoms with E-state index in [9.17, 15) is 61.0 Å². The molecule has 3 aliphatic rings. The van der Waals surface area contributed by atoms with Crippen molar-refractivity contribution in [3.63, 3.8) is 0 Å². The van der Waals surface area contributed by atoms with Gasteiger partial charge in [-0.3, -0.25) is 4.79 Å². The molecule has 19 heteroatoms. The highest BCUT2D eigenvalue weighted by Gasteiger charge is 2.54. The Morgan fingerprint density at radius 1 is 0.381 bits per heavy atom. The molecule has 3 aliphatic heterocycles. The van der Waals surface area contributed by atoms with E-state index in [2.05, 4.69) is 79.9 Å². The average Bonchev–Trinajstić information content (AvgIpc) is 0.792. The van der Waals surface area contributed by atoms with Crippen LogP contribution >= 0.6 is 0 Å². The molecule has 0 radical (unpaired) electrons. The summed E-state index contributed by atoms with van der Waals surface area (Å²) in [6.45, 7) is 1.72. The van der Waals surface area contributed by atoms with E-state index in [1.807, 2.05) is 0 Å². The van der Waals surface area contributed by atoms with Gasteiger partial charge in [0.1, 0.15) is 73.2 Å². The molecule has 3 fully saturated rings. The maximum absolute atomic E-state index is 13.5. The molecule has 3 rings (SSSR count). The molecule has 0 aromatic heterocycles. The highest BCUT2D eigenvalue weighted by Crippen LogP contribution is 2.33. The average molecular weight is 1380 g/mol. The third-order valence-corrected chi connectivity index (χ3v) is 19.4. The number of aliphatic hydroxyl groups excluding tert-OH is 11. The van der Waals surface area contributed by atoms with Crippen LogP contribution in [0.2, 0.25) is 0 Å². The van der Waals surface area contributed by atoms with Crippen LogP contribution in [0.5, 0.6) is 0 Å². The van der Waals surface area contributed by atoms with E-state index >= 15 is 0 Å². The van der Waals surface area contributed by atoms with E-state index < -0.39 is 124 Å². The smallest absolute Gasteiger partial charge is 0.220 e. The predicted molar refractivity (Wildman–Crippen MR) is 383 cm³/mol. The molecule has 0 saturated carbocycles. The molecule has 97 heavy (non-hydrogen) atoms. The minimum absolute atomic E-state index is 0.239. The van der Waals surface area contributed by atoms with Crippen molar-refractivity contribution in [2.24, 2.45) is 0 Å². The largest absolute Gasteiger partial charge is 0.394 e. The molecule has 0 spiro atoms. The fourth-order valence-electron chi connectivity index (χ4n) is 13.1. The summed E-state index contributed by atoms with van der Waals surface area (Å²) in [6.07, 6.45) is 47.4. The topological polar surface area (TPSA) is 307 Å². The molecule has 12 N–H and O–H groups in total. The lowest BCUT2D eigenvalue weighted by molar-refractivity contribution is -0.379. The van der Waals surface area contributed by atoms with E-state index in [1.54, 1.807) is 0 Å². The number of hydrogen-bond donors (Lipinski definition) is 12. The van der Waals surface area contributed by atoms with E-state index in [1.165, 1.54) is 186 Å². The number of allylic oxidation sites excluding steroid dienone is 10. The standard InChI is InChI=1S/C78H141NO18/c1-3-5-7-9-11-13-15-17-19-21-22-23-24-25-26-27-28-29-30-31-32-33-34-35-36-37-38-40-42-44-46-48-50-52-54-56-66(84)79-61(62(83)55-53-51-49-47-45-43-41-39-20-18-16-14-12-10-8-6-4-2)60-92-76-72(90)69(87)74(64(58-81)94-76)97-78-73(91)70(88)75(65(59-82)95-78)96-77-71(89)68(86)67(85)63(57-80)93-77/h5,7,11,13,17,19,22-23,25-26,61-65,67-78,80-83,85-91H,3-4,6,8-10,12,14-16,18,20-21,24,27-60H2,1-2H3,(H,79,84)/b7-5-,13-11-,19-17-,23-22-,26-25-. The van der Waals surface area contributed by atoms with Crippen LogP contribution in [0.1, 0.15) is 296 Å². The zero-order chi connectivity index (χ0) is 70.4. The van der Waals surface area contributed by atoms with Crippen molar-refractivity contribution in [1.29, 1.82) is 0 Å². The van der Waals surface area contributed by atoms with Crippen LogP contribution in [0.15, 0.2) is 60.8 Å². The van der Waals surface area contributed by atoms with Crippen LogP contribution in [0, 0.1) is 0 Å². The number of ether oxygens (including phenoxy) is 6. The molecular formula is C78H141NO18. The number of aliphatic hydroxyl groups is 11. The van der Waals surface area contributed by atoms with Crippen molar-refractivity contribution in [1.82, 2.24) is 5.32 Å². The van der Waals surface area contributed by atoms with Gasteiger partial charge < -0.3 is 89.9 Å². The lowest BCUT2D eigenvalue weighted by atomic mass is 9.96. The number of carbonyl (C=O) groups excluding carboxylic acids is 1. The summed E-state index contributed by atoms with van der Waals surface area (Å²) >= 11 is 0. The Balaban J connectivity index is 1.33. The number of amides is 1. The number of unbranched alkanes of at least 4 members (excludes halogenated alkanes) is 35. The van der Waals surface area contributed by atoms with E-state index in [-0.39, 0.29) is 18.9 Å². The van der Waals surface area contributed by atoms with E-state index in [0.29, 0.717) is 12.8 Å². The van der Waals surface area contributed by atoms with Gasteiger partial charge >= 0.3 is 0 Å². The summed E-state index contributed by atoms with van der Waals surface area (Å²) in [6, 6.07) is -0.888. The van der Waals surface area contributed by atoms with Gasteiger partial charge in [0, 0.05) is 6.42 Å².